The Labute approximate surface area is 121 Å². The number of hydrogen-bond donors (Lipinski definition) is 1. The van der Waals surface area contributed by atoms with E-state index in [1.807, 2.05) is 53.3 Å². The van der Waals surface area contributed by atoms with E-state index in [0.717, 1.165) is 21.7 Å². The Bertz CT molecular complexity index is 731. The average Bonchev–Trinajstić information content (AvgIpc) is 3.07. The molecule has 2 aromatic heterocycles. The smallest absolute Gasteiger partial charge is 0.240 e. The molecule has 20 heavy (non-hydrogen) atoms. The zero-order valence-electron chi connectivity index (χ0n) is 11.2. The summed E-state index contributed by atoms with van der Waals surface area (Å²) < 4.78 is 1.98. The molecule has 0 aliphatic rings. The topological polar surface area (TPSA) is 46.9 Å². The lowest BCUT2D eigenvalue weighted by Gasteiger charge is -2.08. The van der Waals surface area contributed by atoms with Crippen LogP contribution in [0.3, 0.4) is 0 Å². The first-order chi connectivity index (χ1) is 9.79. The van der Waals surface area contributed by atoms with Crippen molar-refractivity contribution >= 4 is 28.3 Å². The van der Waals surface area contributed by atoms with Gasteiger partial charge in [0.2, 0.25) is 5.91 Å². The molecule has 0 aliphatic carbocycles. The van der Waals surface area contributed by atoms with Gasteiger partial charge in [0.15, 0.2) is 5.82 Å². The fourth-order valence-electron chi connectivity index (χ4n) is 2.23. The number of hydrogen-bond acceptors (Lipinski definition) is 3. The highest BCUT2D eigenvalue weighted by Gasteiger charge is 2.15. The maximum absolute atomic E-state index is 11.9. The Morgan fingerprint density at radius 1 is 1.30 bits per heavy atom. The average molecular weight is 285 g/mol. The Morgan fingerprint density at radius 3 is 2.90 bits per heavy atom. The maximum Gasteiger partial charge on any atom is 0.240 e. The van der Waals surface area contributed by atoms with Crippen LogP contribution < -0.4 is 5.32 Å². The van der Waals surface area contributed by atoms with Crippen LogP contribution in [-0.2, 0) is 11.3 Å². The van der Waals surface area contributed by atoms with Crippen molar-refractivity contribution in [2.24, 2.45) is 0 Å². The Kier molecular flexibility index (Phi) is 3.52. The van der Waals surface area contributed by atoms with Crippen LogP contribution in [0, 0.1) is 0 Å². The Balaban J connectivity index is 2.11. The number of amides is 1. The van der Waals surface area contributed by atoms with Gasteiger partial charge in [0.05, 0.1) is 15.9 Å². The van der Waals surface area contributed by atoms with Gasteiger partial charge in [-0.15, -0.1) is 11.3 Å². The molecule has 4 nitrogen and oxygen atoms in total. The van der Waals surface area contributed by atoms with E-state index in [-0.39, 0.29) is 5.91 Å². The molecular weight excluding hydrogens is 270 g/mol. The van der Waals surface area contributed by atoms with Gasteiger partial charge < -0.3 is 9.88 Å². The molecule has 0 unspecified atom stereocenters. The largest absolute Gasteiger partial charge is 0.355 e. The van der Waals surface area contributed by atoms with Crippen molar-refractivity contribution < 1.29 is 4.79 Å². The quantitative estimate of drug-likeness (QED) is 0.801. The lowest BCUT2D eigenvalue weighted by molar-refractivity contribution is -0.121. The van der Waals surface area contributed by atoms with Gasteiger partial charge in [-0.25, -0.2) is 4.98 Å². The molecule has 3 rings (SSSR count). The molecule has 0 spiro atoms. The third kappa shape index (κ3) is 2.32. The second kappa shape index (κ2) is 5.46. The van der Waals surface area contributed by atoms with E-state index in [9.17, 15) is 4.79 Å². The van der Waals surface area contributed by atoms with Gasteiger partial charge >= 0.3 is 0 Å². The molecule has 5 heteroatoms. The van der Waals surface area contributed by atoms with Crippen LogP contribution in [0.5, 0.6) is 0 Å². The number of benzene rings is 1. The highest BCUT2D eigenvalue weighted by atomic mass is 32.1. The van der Waals surface area contributed by atoms with E-state index in [4.69, 9.17) is 0 Å². The lowest BCUT2D eigenvalue weighted by Crippen LogP contribution is -2.27. The van der Waals surface area contributed by atoms with Crippen molar-refractivity contribution in [3.8, 4) is 10.7 Å². The first kappa shape index (κ1) is 12.9. The summed E-state index contributed by atoms with van der Waals surface area (Å²) in [6, 6.07) is 11.9. The molecule has 1 amide bonds. The summed E-state index contributed by atoms with van der Waals surface area (Å²) in [6.45, 7) is 2.85. The normalized spacial score (nSPS) is 10.8. The number of fused-ring (bicyclic) bond motifs is 1. The predicted octanol–water partition coefficient (Wildman–Crippen LogP) is 2.90. The fourth-order valence-corrected chi connectivity index (χ4v) is 2.95. The summed E-state index contributed by atoms with van der Waals surface area (Å²) >= 11 is 1.63. The van der Waals surface area contributed by atoms with E-state index in [0.29, 0.717) is 13.1 Å². The second-order valence-electron chi connectivity index (χ2n) is 4.44. The standard InChI is InChI=1S/C15H15N3OS/c1-2-16-14(19)10-18-12-7-4-3-6-11(12)17-15(18)13-8-5-9-20-13/h3-9H,2,10H2,1H3,(H,16,19). The minimum atomic E-state index is 0.00783. The third-order valence-electron chi connectivity index (χ3n) is 3.07. The molecule has 1 N–H and O–H groups in total. The summed E-state index contributed by atoms with van der Waals surface area (Å²) in [5.41, 5.74) is 1.90. The molecule has 3 aromatic rings. The molecular formula is C15H15N3OS. The summed E-state index contributed by atoms with van der Waals surface area (Å²) in [6.07, 6.45) is 0. The first-order valence-corrected chi connectivity index (χ1v) is 7.43. The molecule has 0 aliphatic heterocycles. The summed E-state index contributed by atoms with van der Waals surface area (Å²) in [4.78, 5) is 17.7. The number of nitrogens with zero attached hydrogens (tertiary/aromatic N) is 2. The van der Waals surface area contributed by atoms with Crippen molar-refractivity contribution in [3.63, 3.8) is 0 Å². The van der Waals surface area contributed by atoms with Crippen LogP contribution in [0.2, 0.25) is 0 Å². The summed E-state index contributed by atoms with van der Waals surface area (Å²) in [5.74, 6) is 0.862. The second-order valence-corrected chi connectivity index (χ2v) is 5.39. The molecule has 0 fully saturated rings. The van der Waals surface area contributed by atoms with E-state index in [1.165, 1.54) is 0 Å². The minimum absolute atomic E-state index is 0.00783. The van der Waals surface area contributed by atoms with E-state index >= 15 is 0 Å². The van der Waals surface area contributed by atoms with Gasteiger partial charge in [0.1, 0.15) is 6.54 Å². The SMILES string of the molecule is CCNC(=O)Cn1c(-c2cccs2)nc2ccccc21. The Hall–Kier alpha value is -2.14. The van der Waals surface area contributed by atoms with Crippen molar-refractivity contribution in [2.75, 3.05) is 6.54 Å². The number of carbonyl (C=O) groups excluding carboxylic acids is 1. The van der Waals surface area contributed by atoms with Crippen LogP contribution >= 0.6 is 11.3 Å². The Morgan fingerprint density at radius 2 is 2.15 bits per heavy atom. The number of nitrogens with one attached hydrogen (secondary N) is 1. The number of aromatic nitrogens is 2. The van der Waals surface area contributed by atoms with Gasteiger partial charge in [0.25, 0.3) is 0 Å². The number of para-hydroxylation sites is 2. The van der Waals surface area contributed by atoms with Crippen LogP contribution in [0.25, 0.3) is 21.7 Å². The van der Waals surface area contributed by atoms with E-state index in [2.05, 4.69) is 10.3 Å². The predicted molar refractivity (Wildman–Crippen MR) is 81.7 cm³/mol. The number of imidazole rings is 1. The van der Waals surface area contributed by atoms with Crippen molar-refractivity contribution in [1.82, 2.24) is 14.9 Å². The van der Waals surface area contributed by atoms with Gasteiger partial charge in [-0.1, -0.05) is 18.2 Å². The number of rotatable bonds is 4. The van der Waals surface area contributed by atoms with Gasteiger partial charge in [-0.3, -0.25) is 4.79 Å². The monoisotopic (exact) mass is 285 g/mol. The molecule has 2 heterocycles. The number of likely N-dealkylation sites (N-methyl/N-ethyl adjacent to an activating group) is 1. The molecule has 0 atom stereocenters. The molecule has 102 valence electrons. The van der Waals surface area contributed by atoms with Gasteiger partial charge in [-0.05, 0) is 30.5 Å². The van der Waals surface area contributed by atoms with Crippen LogP contribution in [0.4, 0.5) is 0 Å². The van der Waals surface area contributed by atoms with Crippen molar-refractivity contribution in [1.29, 1.82) is 0 Å². The van der Waals surface area contributed by atoms with E-state index < -0.39 is 0 Å². The van der Waals surface area contributed by atoms with Crippen LogP contribution in [0.15, 0.2) is 41.8 Å². The molecule has 0 saturated carbocycles. The highest BCUT2D eigenvalue weighted by molar-refractivity contribution is 7.13. The third-order valence-corrected chi connectivity index (χ3v) is 3.94. The van der Waals surface area contributed by atoms with Crippen molar-refractivity contribution in [3.05, 3.63) is 41.8 Å². The summed E-state index contributed by atoms with van der Waals surface area (Å²) in [5, 5.41) is 4.86. The number of thiophene rings is 1. The van der Waals surface area contributed by atoms with Crippen LogP contribution in [-0.4, -0.2) is 22.0 Å². The molecule has 0 bridgehead atoms. The highest BCUT2D eigenvalue weighted by Crippen LogP contribution is 2.27. The number of carbonyl (C=O) groups is 1. The lowest BCUT2D eigenvalue weighted by atomic mass is 10.3. The minimum Gasteiger partial charge on any atom is -0.355 e. The zero-order chi connectivity index (χ0) is 13.9. The van der Waals surface area contributed by atoms with Crippen molar-refractivity contribution in [2.45, 2.75) is 13.5 Å². The molecule has 0 radical (unpaired) electrons. The van der Waals surface area contributed by atoms with Gasteiger partial charge in [-0.2, -0.15) is 0 Å². The van der Waals surface area contributed by atoms with Crippen LogP contribution in [0.1, 0.15) is 6.92 Å². The maximum atomic E-state index is 11.9. The zero-order valence-corrected chi connectivity index (χ0v) is 12.0. The van der Waals surface area contributed by atoms with E-state index in [1.54, 1.807) is 11.3 Å². The molecule has 1 aromatic carbocycles. The fraction of sp³-hybridized carbons (Fsp3) is 0.200. The van der Waals surface area contributed by atoms with Gasteiger partial charge in [0, 0.05) is 6.54 Å². The first-order valence-electron chi connectivity index (χ1n) is 6.55. The molecule has 0 saturated heterocycles. The summed E-state index contributed by atoms with van der Waals surface area (Å²) in [7, 11) is 0.